The average Bonchev–Trinajstić information content (AvgIpc) is 3.26. The van der Waals surface area contributed by atoms with Crippen LogP contribution >= 0.6 is 11.3 Å². The molecule has 2 aromatic carbocycles. The Morgan fingerprint density at radius 1 is 1.15 bits per heavy atom. The van der Waals surface area contributed by atoms with E-state index in [1.54, 1.807) is 4.52 Å². The van der Waals surface area contributed by atoms with Crippen LogP contribution in [0.1, 0.15) is 22.5 Å². The SMILES string of the molecule is Cc1cccc(OCc2nn3c(C4COc5ccccc5O4)nnc3s2)c1. The summed E-state index contributed by atoms with van der Waals surface area (Å²) in [6.07, 6.45) is -0.359. The van der Waals surface area contributed by atoms with Crippen LogP contribution in [-0.2, 0) is 6.61 Å². The van der Waals surface area contributed by atoms with E-state index in [1.165, 1.54) is 11.3 Å². The summed E-state index contributed by atoms with van der Waals surface area (Å²) in [6.45, 7) is 2.78. The largest absolute Gasteiger partial charge is 0.486 e. The minimum absolute atomic E-state index is 0.359. The van der Waals surface area contributed by atoms with E-state index in [2.05, 4.69) is 15.3 Å². The number of para-hydroxylation sites is 2. The number of ether oxygens (including phenoxy) is 3. The quantitative estimate of drug-likeness (QED) is 0.539. The van der Waals surface area contributed by atoms with Gasteiger partial charge in [0.05, 0.1) is 0 Å². The molecule has 7 nitrogen and oxygen atoms in total. The number of benzene rings is 2. The summed E-state index contributed by atoms with van der Waals surface area (Å²) in [7, 11) is 0. The van der Waals surface area contributed by atoms with Crippen molar-refractivity contribution in [2.24, 2.45) is 0 Å². The molecule has 1 aliphatic heterocycles. The summed E-state index contributed by atoms with van der Waals surface area (Å²) in [4.78, 5) is 0.704. The molecule has 0 spiro atoms. The number of aromatic nitrogens is 4. The fourth-order valence-corrected chi connectivity index (χ4v) is 3.68. The molecule has 2 aromatic heterocycles. The van der Waals surface area contributed by atoms with Gasteiger partial charge in [-0.25, -0.2) is 0 Å². The second kappa shape index (κ2) is 6.55. The molecule has 0 radical (unpaired) electrons. The van der Waals surface area contributed by atoms with Gasteiger partial charge in [0.15, 0.2) is 28.4 Å². The van der Waals surface area contributed by atoms with Gasteiger partial charge in [0, 0.05) is 0 Å². The summed E-state index contributed by atoms with van der Waals surface area (Å²) >= 11 is 1.45. The summed E-state index contributed by atoms with van der Waals surface area (Å²) < 4.78 is 19.3. The van der Waals surface area contributed by atoms with Crippen LogP contribution in [0.3, 0.4) is 0 Å². The van der Waals surface area contributed by atoms with Crippen LogP contribution in [-0.4, -0.2) is 26.4 Å². The summed E-state index contributed by atoms with van der Waals surface area (Å²) in [6, 6.07) is 15.5. The molecule has 3 heterocycles. The van der Waals surface area contributed by atoms with Crippen LogP contribution in [0.2, 0.25) is 0 Å². The zero-order valence-electron chi connectivity index (χ0n) is 14.5. The Hall–Kier alpha value is -3.13. The van der Waals surface area contributed by atoms with Crippen molar-refractivity contribution in [1.29, 1.82) is 0 Å². The average molecular weight is 380 g/mol. The molecule has 0 amide bonds. The Balaban J connectivity index is 1.36. The summed E-state index contributed by atoms with van der Waals surface area (Å²) in [5.74, 6) is 2.88. The van der Waals surface area contributed by atoms with Crippen molar-refractivity contribution in [3.8, 4) is 17.2 Å². The molecule has 8 heteroatoms. The van der Waals surface area contributed by atoms with E-state index in [1.807, 2.05) is 55.5 Å². The molecule has 0 bridgehead atoms. The third-order valence-corrected chi connectivity index (χ3v) is 5.08. The first-order valence-electron chi connectivity index (χ1n) is 8.55. The molecule has 0 fully saturated rings. The lowest BCUT2D eigenvalue weighted by Crippen LogP contribution is -2.23. The Morgan fingerprint density at radius 2 is 2.04 bits per heavy atom. The van der Waals surface area contributed by atoms with E-state index >= 15 is 0 Å². The van der Waals surface area contributed by atoms with E-state index in [4.69, 9.17) is 14.2 Å². The van der Waals surface area contributed by atoms with Crippen LogP contribution in [0.25, 0.3) is 4.96 Å². The predicted octanol–water partition coefficient (Wildman–Crippen LogP) is 3.59. The maximum absolute atomic E-state index is 6.02. The fourth-order valence-electron chi connectivity index (χ4n) is 2.93. The van der Waals surface area contributed by atoms with E-state index in [9.17, 15) is 0 Å². The number of aryl methyl sites for hydroxylation is 1. The highest BCUT2D eigenvalue weighted by molar-refractivity contribution is 7.16. The fraction of sp³-hybridized carbons (Fsp3) is 0.211. The van der Waals surface area contributed by atoms with Gasteiger partial charge < -0.3 is 14.2 Å². The molecule has 0 N–H and O–H groups in total. The van der Waals surface area contributed by atoms with Crippen molar-refractivity contribution in [2.75, 3.05) is 6.61 Å². The van der Waals surface area contributed by atoms with Crippen molar-refractivity contribution < 1.29 is 14.2 Å². The van der Waals surface area contributed by atoms with Crippen molar-refractivity contribution in [3.05, 3.63) is 64.9 Å². The van der Waals surface area contributed by atoms with Crippen LogP contribution in [0, 0.1) is 6.92 Å². The molecule has 27 heavy (non-hydrogen) atoms. The Bertz CT molecular complexity index is 1110. The lowest BCUT2D eigenvalue weighted by Gasteiger charge is -2.24. The Labute approximate surface area is 159 Å². The number of nitrogens with zero attached hydrogens (tertiary/aromatic N) is 4. The van der Waals surface area contributed by atoms with Gasteiger partial charge in [-0.3, -0.25) is 0 Å². The highest BCUT2D eigenvalue weighted by atomic mass is 32.1. The Kier molecular flexibility index (Phi) is 3.90. The van der Waals surface area contributed by atoms with Crippen molar-refractivity contribution >= 4 is 16.3 Å². The van der Waals surface area contributed by atoms with Crippen LogP contribution in [0.4, 0.5) is 0 Å². The summed E-state index contributed by atoms with van der Waals surface area (Å²) in [5.41, 5.74) is 1.16. The topological polar surface area (TPSA) is 70.8 Å². The maximum Gasteiger partial charge on any atom is 0.234 e. The van der Waals surface area contributed by atoms with E-state index < -0.39 is 0 Å². The van der Waals surface area contributed by atoms with Crippen LogP contribution in [0.15, 0.2) is 48.5 Å². The molecule has 0 saturated heterocycles. The van der Waals surface area contributed by atoms with Gasteiger partial charge in [-0.15, -0.1) is 10.2 Å². The van der Waals surface area contributed by atoms with Crippen LogP contribution in [0.5, 0.6) is 17.2 Å². The first-order chi connectivity index (χ1) is 13.3. The van der Waals surface area contributed by atoms with E-state index in [0.717, 1.165) is 22.1 Å². The van der Waals surface area contributed by atoms with Gasteiger partial charge >= 0.3 is 0 Å². The summed E-state index contributed by atoms with van der Waals surface area (Å²) in [5, 5.41) is 13.9. The minimum atomic E-state index is -0.359. The molecule has 1 atom stereocenters. The standard InChI is InChI=1S/C19H16N4O3S/c1-12-5-4-6-13(9-12)24-11-17-22-23-18(20-21-19(23)27-17)16-10-25-14-7-2-3-8-15(14)26-16/h2-9,16H,10-11H2,1H3. The highest BCUT2D eigenvalue weighted by Gasteiger charge is 2.28. The third kappa shape index (κ3) is 3.08. The van der Waals surface area contributed by atoms with Gasteiger partial charge in [0.2, 0.25) is 4.96 Å². The van der Waals surface area contributed by atoms with E-state index in [0.29, 0.717) is 29.7 Å². The molecule has 0 saturated carbocycles. The smallest absolute Gasteiger partial charge is 0.234 e. The zero-order chi connectivity index (χ0) is 18.2. The third-order valence-electron chi connectivity index (χ3n) is 4.21. The molecule has 1 unspecified atom stereocenters. The van der Waals surface area contributed by atoms with Gasteiger partial charge in [-0.05, 0) is 36.8 Å². The molecule has 4 aromatic rings. The lowest BCUT2D eigenvalue weighted by molar-refractivity contribution is 0.0835. The van der Waals surface area contributed by atoms with Gasteiger partial charge in [-0.1, -0.05) is 35.6 Å². The zero-order valence-corrected chi connectivity index (χ0v) is 15.3. The molecular weight excluding hydrogens is 364 g/mol. The minimum Gasteiger partial charge on any atom is -0.486 e. The number of rotatable bonds is 4. The van der Waals surface area contributed by atoms with Crippen molar-refractivity contribution in [1.82, 2.24) is 19.8 Å². The molecule has 0 aliphatic carbocycles. The Morgan fingerprint density at radius 3 is 2.93 bits per heavy atom. The highest BCUT2D eigenvalue weighted by Crippen LogP contribution is 2.35. The lowest BCUT2D eigenvalue weighted by atomic mass is 10.2. The van der Waals surface area contributed by atoms with Gasteiger partial charge in [0.25, 0.3) is 0 Å². The molecule has 136 valence electrons. The molecule has 1 aliphatic rings. The normalized spacial score (nSPS) is 15.8. The van der Waals surface area contributed by atoms with Gasteiger partial charge in [-0.2, -0.15) is 9.61 Å². The van der Waals surface area contributed by atoms with Crippen molar-refractivity contribution in [3.63, 3.8) is 0 Å². The first kappa shape index (κ1) is 16.1. The number of hydrogen-bond acceptors (Lipinski definition) is 7. The van der Waals surface area contributed by atoms with Crippen LogP contribution < -0.4 is 14.2 Å². The monoisotopic (exact) mass is 380 g/mol. The first-order valence-corrected chi connectivity index (χ1v) is 9.37. The maximum atomic E-state index is 6.02. The number of fused-ring (bicyclic) bond motifs is 2. The van der Waals surface area contributed by atoms with E-state index in [-0.39, 0.29) is 6.10 Å². The molecular formula is C19H16N4O3S. The number of hydrogen-bond donors (Lipinski definition) is 0. The second-order valence-corrected chi connectivity index (χ2v) is 7.26. The van der Waals surface area contributed by atoms with Crippen molar-refractivity contribution in [2.45, 2.75) is 19.6 Å². The second-order valence-electron chi connectivity index (χ2n) is 6.22. The predicted molar refractivity (Wildman–Crippen MR) is 99.5 cm³/mol. The van der Waals surface area contributed by atoms with Gasteiger partial charge in [0.1, 0.15) is 19.0 Å². The molecule has 5 rings (SSSR count).